The van der Waals surface area contributed by atoms with Crippen LogP contribution in [0.3, 0.4) is 0 Å². The Morgan fingerprint density at radius 3 is 2.56 bits per heavy atom. The molecule has 102 valence electrons. The molecule has 1 unspecified atom stereocenters. The molecule has 1 aromatic carbocycles. The second-order valence-corrected chi connectivity index (χ2v) is 7.33. The van der Waals surface area contributed by atoms with Crippen LogP contribution < -0.4 is 5.32 Å². The first kappa shape index (κ1) is 16.0. The SMILES string of the molecule is CC(CCc1ccc(Br)cc1Cl)CNC(C)(C)C. The molecule has 0 saturated heterocycles. The Morgan fingerprint density at radius 2 is 2.00 bits per heavy atom. The monoisotopic (exact) mass is 331 g/mol. The van der Waals surface area contributed by atoms with Gasteiger partial charge in [-0.3, -0.25) is 0 Å². The van der Waals surface area contributed by atoms with Crippen molar-refractivity contribution in [2.45, 2.75) is 46.1 Å². The molecule has 1 atom stereocenters. The first-order valence-corrected chi connectivity index (χ1v) is 7.64. The standard InChI is InChI=1S/C15H23BrClN/c1-11(10-18-15(2,3)4)5-6-12-7-8-13(16)9-14(12)17/h7-9,11,18H,5-6,10H2,1-4H3. The van der Waals surface area contributed by atoms with E-state index in [1.807, 2.05) is 6.07 Å². The summed E-state index contributed by atoms with van der Waals surface area (Å²) in [4.78, 5) is 0. The minimum atomic E-state index is 0.198. The van der Waals surface area contributed by atoms with E-state index >= 15 is 0 Å². The van der Waals surface area contributed by atoms with Gasteiger partial charge in [0.1, 0.15) is 0 Å². The van der Waals surface area contributed by atoms with E-state index in [1.54, 1.807) is 0 Å². The first-order chi connectivity index (χ1) is 8.28. The van der Waals surface area contributed by atoms with Crippen molar-refractivity contribution in [3.05, 3.63) is 33.3 Å². The number of hydrogen-bond donors (Lipinski definition) is 1. The highest BCUT2D eigenvalue weighted by atomic mass is 79.9. The van der Waals surface area contributed by atoms with Crippen molar-refractivity contribution in [3.63, 3.8) is 0 Å². The van der Waals surface area contributed by atoms with Gasteiger partial charge < -0.3 is 5.32 Å². The fraction of sp³-hybridized carbons (Fsp3) is 0.600. The number of nitrogens with one attached hydrogen (secondary N) is 1. The van der Waals surface area contributed by atoms with Gasteiger partial charge in [0.2, 0.25) is 0 Å². The molecule has 0 fully saturated rings. The Bertz CT molecular complexity index is 385. The van der Waals surface area contributed by atoms with E-state index in [0.717, 1.165) is 28.9 Å². The molecule has 0 spiro atoms. The molecule has 1 N–H and O–H groups in total. The lowest BCUT2D eigenvalue weighted by Crippen LogP contribution is -2.38. The largest absolute Gasteiger partial charge is 0.312 e. The van der Waals surface area contributed by atoms with E-state index in [9.17, 15) is 0 Å². The topological polar surface area (TPSA) is 12.0 Å². The molecule has 0 saturated carbocycles. The van der Waals surface area contributed by atoms with Crippen molar-refractivity contribution < 1.29 is 0 Å². The summed E-state index contributed by atoms with van der Waals surface area (Å²) >= 11 is 9.65. The van der Waals surface area contributed by atoms with Gasteiger partial charge in [-0.05, 0) is 63.8 Å². The number of rotatable bonds is 5. The van der Waals surface area contributed by atoms with E-state index in [2.05, 4.69) is 61.1 Å². The lowest BCUT2D eigenvalue weighted by Gasteiger charge is -2.23. The third-order valence-corrected chi connectivity index (χ3v) is 3.75. The Labute approximate surface area is 124 Å². The van der Waals surface area contributed by atoms with Gasteiger partial charge in [0.15, 0.2) is 0 Å². The molecule has 0 aromatic heterocycles. The maximum absolute atomic E-state index is 6.22. The highest BCUT2D eigenvalue weighted by Gasteiger charge is 2.11. The molecular formula is C15H23BrClN. The molecule has 0 amide bonds. The minimum absolute atomic E-state index is 0.198. The summed E-state index contributed by atoms with van der Waals surface area (Å²) in [6.07, 6.45) is 2.20. The van der Waals surface area contributed by atoms with Gasteiger partial charge in [-0.2, -0.15) is 0 Å². The van der Waals surface area contributed by atoms with Gasteiger partial charge >= 0.3 is 0 Å². The molecule has 1 rings (SSSR count). The fourth-order valence-electron chi connectivity index (χ4n) is 1.71. The molecule has 1 aromatic rings. The molecular weight excluding hydrogens is 310 g/mol. The minimum Gasteiger partial charge on any atom is -0.312 e. The van der Waals surface area contributed by atoms with Crippen LogP contribution in [0.2, 0.25) is 5.02 Å². The van der Waals surface area contributed by atoms with Crippen molar-refractivity contribution in [2.24, 2.45) is 5.92 Å². The Hall–Kier alpha value is -0.0500. The van der Waals surface area contributed by atoms with Crippen molar-refractivity contribution >= 4 is 27.5 Å². The third kappa shape index (κ3) is 6.21. The van der Waals surface area contributed by atoms with Crippen LogP contribution in [0.1, 0.15) is 39.7 Å². The molecule has 18 heavy (non-hydrogen) atoms. The zero-order valence-electron chi connectivity index (χ0n) is 11.7. The van der Waals surface area contributed by atoms with Crippen LogP contribution >= 0.6 is 27.5 Å². The van der Waals surface area contributed by atoms with Crippen LogP contribution in [0.4, 0.5) is 0 Å². The van der Waals surface area contributed by atoms with Crippen LogP contribution in [-0.2, 0) is 6.42 Å². The van der Waals surface area contributed by atoms with Gasteiger partial charge in [0.25, 0.3) is 0 Å². The summed E-state index contributed by atoms with van der Waals surface area (Å²) in [5, 5.41) is 4.40. The molecule has 1 nitrogen and oxygen atoms in total. The molecule has 0 aliphatic rings. The summed E-state index contributed by atoms with van der Waals surface area (Å²) in [5.74, 6) is 0.656. The number of halogens is 2. The molecule has 0 aliphatic heterocycles. The van der Waals surface area contributed by atoms with E-state index in [-0.39, 0.29) is 5.54 Å². The van der Waals surface area contributed by atoms with Gasteiger partial charge in [-0.1, -0.05) is 40.5 Å². The molecule has 0 radical (unpaired) electrons. The van der Waals surface area contributed by atoms with Crippen LogP contribution in [0.25, 0.3) is 0 Å². The molecule has 3 heteroatoms. The lowest BCUT2D eigenvalue weighted by atomic mass is 9.99. The van der Waals surface area contributed by atoms with Crippen molar-refractivity contribution in [1.82, 2.24) is 5.32 Å². The second-order valence-electron chi connectivity index (χ2n) is 6.01. The van der Waals surface area contributed by atoms with Crippen molar-refractivity contribution in [2.75, 3.05) is 6.54 Å². The Balaban J connectivity index is 2.40. The van der Waals surface area contributed by atoms with Crippen molar-refractivity contribution in [1.29, 1.82) is 0 Å². The van der Waals surface area contributed by atoms with Crippen molar-refractivity contribution in [3.8, 4) is 0 Å². The zero-order chi connectivity index (χ0) is 13.8. The lowest BCUT2D eigenvalue weighted by molar-refractivity contribution is 0.372. The predicted molar refractivity (Wildman–Crippen MR) is 84.4 cm³/mol. The van der Waals surface area contributed by atoms with Gasteiger partial charge in [-0.25, -0.2) is 0 Å². The van der Waals surface area contributed by atoms with E-state index in [4.69, 9.17) is 11.6 Å². The predicted octanol–water partition coefficient (Wildman–Crippen LogP) is 5.06. The quantitative estimate of drug-likeness (QED) is 0.794. The van der Waals surface area contributed by atoms with Crippen LogP contribution in [-0.4, -0.2) is 12.1 Å². The average molecular weight is 333 g/mol. The number of aryl methyl sites for hydroxylation is 1. The zero-order valence-corrected chi connectivity index (χ0v) is 14.0. The molecule has 0 bridgehead atoms. The number of hydrogen-bond acceptors (Lipinski definition) is 1. The first-order valence-electron chi connectivity index (χ1n) is 6.47. The van der Waals surface area contributed by atoms with E-state index in [0.29, 0.717) is 5.92 Å². The molecule has 0 aliphatic carbocycles. The highest BCUT2D eigenvalue weighted by Crippen LogP contribution is 2.23. The summed E-state index contributed by atoms with van der Waals surface area (Å²) in [7, 11) is 0. The Morgan fingerprint density at radius 1 is 1.33 bits per heavy atom. The number of benzene rings is 1. The summed E-state index contributed by atoms with van der Waals surface area (Å²) < 4.78 is 1.04. The van der Waals surface area contributed by atoms with Gasteiger partial charge in [0.05, 0.1) is 0 Å². The Kier molecular flexibility index (Phi) is 6.16. The highest BCUT2D eigenvalue weighted by molar-refractivity contribution is 9.10. The maximum Gasteiger partial charge on any atom is 0.0449 e. The fourth-order valence-corrected chi connectivity index (χ4v) is 2.48. The smallest absolute Gasteiger partial charge is 0.0449 e. The average Bonchev–Trinajstić information content (AvgIpc) is 2.24. The van der Waals surface area contributed by atoms with E-state index < -0.39 is 0 Å². The van der Waals surface area contributed by atoms with E-state index in [1.165, 1.54) is 5.56 Å². The van der Waals surface area contributed by atoms with Gasteiger partial charge in [-0.15, -0.1) is 0 Å². The second kappa shape index (κ2) is 6.93. The summed E-state index contributed by atoms with van der Waals surface area (Å²) in [6, 6.07) is 6.13. The molecule has 0 heterocycles. The van der Waals surface area contributed by atoms with Crippen LogP contribution in [0.5, 0.6) is 0 Å². The summed E-state index contributed by atoms with van der Waals surface area (Å²) in [5.41, 5.74) is 1.44. The summed E-state index contributed by atoms with van der Waals surface area (Å²) in [6.45, 7) is 9.94. The van der Waals surface area contributed by atoms with Crippen LogP contribution in [0, 0.1) is 5.92 Å². The maximum atomic E-state index is 6.22. The third-order valence-electron chi connectivity index (χ3n) is 2.90. The van der Waals surface area contributed by atoms with Crippen LogP contribution in [0.15, 0.2) is 22.7 Å². The normalized spacial score (nSPS) is 13.7. The van der Waals surface area contributed by atoms with Gasteiger partial charge in [0, 0.05) is 15.0 Å².